The zero-order valence-corrected chi connectivity index (χ0v) is 13.9. The van der Waals surface area contributed by atoms with Gasteiger partial charge in [0.05, 0.1) is 17.8 Å². The van der Waals surface area contributed by atoms with E-state index in [0.29, 0.717) is 5.39 Å². The molecule has 0 saturated carbocycles. The number of likely N-dealkylation sites (tertiary alicyclic amines) is 1. The van der Waals surface area contributed by atoms with Crippen LogP contribution in [0.15, 0.2) is 59.7 Å². The highest BCUT2D eigenvalue weighted by atomic mass is 19.1. The molecule has 1 aliphatic heterocycles. The maximum Gasteiger partial charge on any atom is 0.261 e. The molecule has 0 amide bonds. The molecule has 5 heteroatoms. The number of hydrogen-bond acceptors (Lipinski definition) is 3. The smallest absolute Gasteiger partial charge is 0.261 e. The van der Waals surface area contributed by atoms with Crippen LogP contribution < -0.4 is 5.56 Å². The molecule has 2 aromatic carbocycles. The van der Waals surface area contributed by atoms with Crippen LogP contribution in [0.5, 0.6) is 0 Å². The second kappa shape index (κ2) is 6.76. The lowest BCUT2D eigenvalue weighted by atomic mass is 10.0. The Morgan fingerprint density at radius 2 is 1.96 bits per heavy atom. The maximum atomic E-state index is 13.8. The van der Waals surface area contributed by atoms with Gasteiger partial charge in [0, 0.05) is 13.1 Å². The fourth-order valence-electron chi connectivity index (χ4n) is 3.63. The van der Waals surface area contributed by atoms with Gasteiger partial charge in [-0.1, -0.05) is 36.4 Å². The number of rotatable bonds is 3. The van der Waals surface area contributed by atoms with E-state index >= 15 is 0 Å². The average Bonchev–Trinajstić information content (AvgIpc) is 2.64. The predicted octanol–water partition coefficient (Wildman–Crippen LogP) is 3.37. The van der Waals surface area contributed by atoms with E-state index in [1.165, 1.54) is 18.0 Å². The van der Waals surface area contributed by atoms with Crippen molar-refractivity contribution in [2.45, 2.75) is 25.4 Å². The third kappa shape index (κ3) is 3.20. The van der Waals surface area contributed by atoms with Gasteiger partial charge in [-0.15, -0.1) is 0 Å². The van der Waals surface area contributed by atoms with Crippen molar-refractivity contribution < 1.29 is 4.39 Å². The molecule has 0 aliphatic carbocycles. The average molecular weight is 337 g/mol. The first-order valence-corrected chi connectivity index (χ1v) is 8.64. The number of halogens is 1. The van der Waals surface area contributed by atoms with Crippen LogP contribution in [-0.4, -0.2) is 27.5 Å². The van der Waals surface area contributed by atoms with Gasteiger partial charge in [-0.3, -0.25) is 14.3 Å². The summed E-state index contributed by atoms with van der Waals surface area (Å²) in [5.41, 5.74) is 1.27. The molecule has 3 aromatic rings. The topological polar surface area (TPSA) is 38.1 Å². The summed E-state index contributed by atoms with van der Waals surface area (Å²) in [6, 6.07) is 15.0. The number of fused-ring (bicyclic) bond motifs is 1. The number of piperidine rings is 1. The molecule has 4 nitrogen and oxygen atoms in total. The van der Waals surface area contributed by atoms with Gasteiger partial charge in [-0.2, -0.15) is 0 Å². The highest BCUT2D eigenvalue weighted by molar-refractivity contribution is 5.77. The van der Waals surface area contributed by atoms with Crippen molar-refractivity contribution in [3.05, 3.63) is 76.6 Å². The Balaban J connectivity index is 1.60. The van der Waals surface area contributed by atoms with E-state index in [2.05, 4.69) is 22.0 Å². The second-order valence-electron chi connectivity index (χ2n) is 6.61. The first-order chi connectivity index (χ1) is 12.2. The third-order valence-electron chi connectivity index (χ3n) is 4.89. The number of para-hydroxylation sites is 1. The molecule has 0 radical (unpaired) electrons. The lowest BCUT2D eigenvalue weighted by molar-refractivity contribution is 0.168. The van der Waals surface area contributed by atoms with Gasteiger partial charge in [0.2, 0.25) is 0 Å². The van der Waals surface area contributed by atoms with Crippen LogP contribution in [0.4, 0.5) is 4.39 Å². The molecule has 0 unspecified atom stereocenters. The molecule has 0 spiro atoms. The van der Waals surface area contributed by atoms with Crippen molar-refractivity contribution in [1.82, 2.24) is 14.5 Å². The molecule has 1 aromatic heterocycles. The molecule has 25 heavy (non-hydrogen) atoms. The van der Waals surface area contributed by atoms with Crippen LogP contribution in [0.25, 0.3) is 10.9 Å². The van der Waals surface area contributed by atoms with Gasteiger partial charge in [0.1, 0.15) is 11.3 Å². The predicted molar refractivity (Wildman–Crippen MR) is 96.0 cm³/mol. The van der Waals surface area contributed by atoms with Crippen LogP contribution in [0.2, 0.25) is 0 Å². The highest BCUT2D eigenvalue weighted by Gasteiger charge is 2.23. The van der Waals surface area contributed by atoms with E-state index in [4.69, 9.17) is 0 Å². The van der Waals surface area contributed by atoms with Gasteiger partial charge >= 0.3 is 0 Å². The Bertz CT molecular complexity index is 939. The minimum absolute atomic E-state index is 0.0742. The Labute approximate surface area is 145 Å². The van der Waals surface area contributed by atoms with Gasteiger partial charge in [-0.05, 0) is 37.1 Å². The van der Waals surface area contributed by atoms with Gasteiger partial charge in [-0.25, -0.2) is 9.37 Å². The van der Waals surface area contributed by atoms with E-state index in [-0.39, 0.29) is 17.1 Å². The van der Waals surface area contributed by atoms with Crippen molar-refractivity contribution in [2.24, 2.45) is 0 Å². The number of nitrogens with zero attached hydrogens (tertiary/aromatic N) is 3. The largest absolute Gasteiger partial charge is 0.297 e. The normalized spacial score (nSPS) is 18.5. The zero-order chi connectivity index (χ0) is 17.2. The lowest BCUT2D eigenvalue weighted by Crippen LogP contribution is -2.39. The second-order valence-corrected chi connectivity index (χ2v) is 6.61. The molecular formula is C20H20FN3O. The fourth-order valence-corrected chi connectivity index (χ4v) is 3.63. The van der Waals surface area contributed by atoms with Crippen LogP contribution >= 0.6 is 0 Å². The van der Waals surface area contributed by atoms with Gasteiger partial charge < -0.3 is 0 Å². The molecule has 2 heterocycles. The summed E-state index contributed by atoms with van der Waals surface area (Å²) < 4.78 is 15.5. The van der Waals surface area contributed by atoms with Crippen LogP contribution in [-0.2, 0) is 6.54 Å². The first-order valence-electron chi connectivity index (χ1n) is 8.64. The lowest BCUT2D eigenvalue weighted by Gasteiger charge is -2.33. The Hall–Kier alpha value is -2.53. The summed E-state index contributed by atoms with van der Waals surface area (Å²) in [5.74, 6) is -0.448. The van der Waals surface area contributed by atoms with E-state index in [0.717, 1.165) is 32.5 Å². The molecule has 0 bridgehead atoms. The summed E-state index contributed by atoms with van der Waals surface area (Å²) in [5, 5.41) is 0.350. The minimum Gasteiger partial charge on any atom is -0.297 e. The molecular weight excluding hydrogens is 317 g/mol. The summed E-state index contributed by atoms with van der Waals surface area (Å²) >= 11 is 0. The molecule has 1 aliphatic rings. The van der Waals surface area contributed by atoms with E-state index in [1.54, 1.807) is 16.7 Å². The Morgan fingerprint density at radius 1 is 1.12 bits per heavy atom. The summed E-state index contributed by atoms with van der Waals surface area (Å²) in [6.45, 7) is 2.70. The van der Waals surface area contributed by atoms with Crippen molar-refractivity contribution in [2.75, 3.05) is 13.1 Å². The Morgan fingerprint density at radius 3 is 2.80 bits per heavy atom. The van der Waals surface area contributed by atoms with Crippen LogP contribution in [0.1, 0.15) is 24.4 Å². The van der Waals surface area contributed by atoms with Crippen molar-refractivity contribution in [3.8, 4) is 0 Å². The molecule has 1 saturated heterocycles. The molecule has 4 rings (SSSR count). The summed E-state index contributed by atoms with van der Waals surface area (Å²) in [4.78, 5) is 19.3. The molecule has 0 N–H and O–H groups in total. The van der Waals surface area contributed by atoms with Crippen LogP contribution in [0.3, 0.4) is 0 Å². The van der Waals surface area contributed by atoms with Crippen molar-refractivity contribution >= 4 is 10.9 Å². The highest BCUT2D eigenvalue weighted by Crippen LogP contribution is 2.22. The fraction of sp³-hybridized carbons (Fsp3) is 0.300. The molecule has 1 fully saturated rings. The van der Waals surface area contributed by atoms with E-state index in [9.17, 15) is 9.18 Å². The van der Waals surface area contributed by atoms with E-state index < -0.39 is 5.82 Å². The quantitative estimate of drug-likeness (QED) is 0.735. The number of benzene rings is 2. The number of aromatic nitrogens is 2. The van der Waals surface area contributed by atoms with E-state index in [1.807, 2.05) is 18.2 Å². The van der Waals surface area contributed by atoms with Crippen molar-refractivity contribution in [3.63, 3.8) is 0 Å². The SMILES string of the molecule is O=c1c2cccc(F)c2ncn1[C@H]1CCCN(Cc2ccccc2)C1. The maximum absolute atomic E-state index is 13.8. The standard InChI is InChI=1S/C20H20FN3O/c21-18-10-4-9-17-19(18)22-14-24(20(17)25)16-8-5-11-23(13-16)12-15-6-2-1-3-7-15/h1-4,6-7,9-10,14,16H,5,8,11-13H2/t16-/m0/s1. The Kier molecular flexibility index (Phi) is 4.32. The van der Waals surface area contributed by atoms with Gasteiger partial charge in [0.15, 0.2) is 0 Å². The third-order valence-corrected chi connectivity index (χ3v) is 4.89. The number of hydrogen-bond donors (Lipinski definition) is 0. The van der Waals surface area contributed by atoms with Crippen LogP contribution in [0, 0.1) is 5.82 Å². The molecule has 1 atom stereocenters. The van der Waals surface area contributed by atoms with Gasteiger partial charge in [0.25, 0.3) is 5.56 Å². The summed E-state index contributed by atoms with van der Waals surface area (Å²) in [6.07, 6.45) is 3.48. The zero-order valence-electron chi connectivity index (χ0n) is 13.9. The summed E-state index contributed by atoms with van der Waals surface area (Å²) in [7, 11) is 0. The first kappa shape index (κ1) is 16.0. The molecule has 128 valence electrons. The minimum atomic E-state index is -0.448. The monoisotopic (exact) mass is 337 g/mol. The van der Waals surface area contributed by atoms with Crippen molar-refractivity contribution in [1.29, 1.82) is 0 Å².